The van der Waals surface area contributed by atoms with Crippen molar-refractivity contribution in [3.8, 4) is 5.75 Å². The molecule has 2 rings (SSSR count). The second-order valence-electron chi connectivity index (χ2n) is 5.11. The number of carbonyl (C=O) groups is 2. The largest absolute Gasteiger partial charge is 0.506 e. The molecule has 9 nitrogen and oxygen atoms in total. The third-order valence-electron chi connectivity index (χ3n) is 2.79. The molecule has 0 amide bonds. The van der Waals surface area contributed by atoms with Gasteiger partial charge in [0.05, 0.1) is 10.6 Å². The van der Waals surface area contributed by atoms with Gasteiger partial charge in [-0.1, -0.05) is 0 Å². The van der Waals surface area contributed by atoms with Crippen LogP contribution in [0, 0.1) is 0 Å². The molecule has 0 spiro atoms. The second-order valence-corrected chi connectivity index (χ2v) is 6.67. The quantitative estimate of drug-likeness (QED) is 0.305. The van der Waals surface area contributed by atoms with Crippen molar-refractivity contribution in [3.63, 3.8) is 0 Å². The van der Waals surface area contributed by atoms with Crippen molar-refractivity contribution in [3.05, 3.63) is 30.0 Å². The summed E-state index contributed by atoms with van der Waals surface area (Å²) < 4.78 is 32.1. The minimum atomic E-state index is -3.96. The summed E-state index contributed by atoms with van der Waals surface area (Å²) in [6.07, 6.45) is 0.992. The van der Waals surface area contributed by atoms with Crippen molar-refractivity contribution in [1.29, 1.82) is 0 Å². The number of phenols is 1. The van der Waals surface area contributed by atoms with E-state index in [1.807, 2.05) is 0 Å². The number of anilines is 1. The molecule has 1 aromatic carbocycles. The minimum Gasteiger partial charge on any atom is -0.506 e. The van der Waals surface area contributed by atoms with Crippen LogP contribution in [0.15, 0.2) is 34.9 Å². The first kappa shape index (κ1) is 16.8. The van der Waals surface area contributed by atoms with Crippen molar-refractivity contribution in [2.45, 2.75) is 24.5 Å². The van der Waals surface area contributed by atoms with Gasteiger partial charge in [0, 0.05) is 26.1 Å². The lowest BCUT2D eigenvalue weighted by molar-refractivity contribution is -0.222. The van der Waals surface area contributed by atoms with Gasteiger partial charge in [-0.15, -0.1) is 0 Å². The highest BCUT2D eigenvalue weighted by molar-refractivity contribution is 7.89. The van der Waals surface area contributed by atoms with E-state index in [2.05, 4.69) is 5.32 Å². The number of rotatable bonds is 3. The molecule has 0 aromatic heterocycles. The fourth-order valence-corrected chi connectivity index (χ4v) is 2.27. The molecule has 0 atom stereocenters. The highest BCUT2D eigenvalue weighted by Gasteiger charge is 2.38. The van der Waals surface area contributed by atoms with Crippen LogP contribution in [0.3, 0.4) is 0 Å². The predicted octanol–water partition coefficient (Wildman–Crippen LogP) is 0.171. The van der Waals surface area contributed by atoms with Gasteiger partial charge < -0.3 is 19.9 Å². The number of cyclic esters (lactones) is 2. The van der Waals surface area contributed by atoms with E-state index in [1.165, 1.54) is 19.9 Å². The van der Waals surface area contributed by atoms with E-state index >= 15 is 0 Å². The monoisotopic (exact) mass is 342 g/mol. The van der Waals surface area contributed by atoms with Gasteiger partial charge in [0.15, 0.2) is 5.57 Å². The summed E-state index contributed by atoms with van der Waals surface area (Å²) in [6, 6.07) is 3.29. The first-order valence-electron chi connectivity index (χ1n) is 6.29. The maximum Gasteiger partial charge on any atom is 0.350 e. The summed E-state index contributed by atoms with van der Waals surface area (Å²) in [5.41, 5.74) is -0.352. The molecule has 124 valence electrons. The van der Waals surface area contributed by atoms with E-state index in [1.54, 1.807) is 0 Å². The molecule has 0 aliphatic carbocycles. The molecule has 1 aliphatic rings. The zero-order valence-electron chi connectivity index (χ0n) is 12.2. The predicted molar refractivity (Wildman–Crippen MR) is 77.4 cm³/mol. The van der Waals surface area contributed by atoms with E-state index in [0.29, 0.717) is 0 Å². The smallest absolute Gasteiger partial charge is 0.350 e. The van der Waals surface area contributed by atoms with Crippen LogP contribution in [0.5, 0.6) is 5.75 Å². The summed E-state index contributed by atoms with van der Waals surface area (Å²) in [5, 5.41) is 17.2. The topological polar surface area (TPSA) is 145 Å². The summed E-state index contributed by atoms with van der Waals surface area (Å²) in [4.78, 5) is 23.2. The highest BCUT2D eigenvalue weighted by Crippen LogP contribution is 2.27. The zero-order chi connectivity index (χ0) is 17.4. The Hall–Kier alpha value is -2.59. The third kappa shape index (κ3) is 3.79. The van der Waals surface area contributed by atoms with Crippen LogP contribution < -0.4 is 10.5 Å². The lowest BCUT2D eigenvalue weighted by Crippen LogP contribution is -2.42. The molecule has 4 N–H and O–H groups in total. The molecule has 1 aromatic rings. The number of nitrogens with two attached hydrogens (primary N) is 1. The normalized spacial score (nSPS) is 17.3. The first-order valence-corrected chi connectivity index (χ1v) is 7.83. The van der Waals surface area contributed by atoms with Crippen LogP contribution in [0.4, 0.5) is 5.69 Å². The molecule has 1 saturated heterocycles. The average molecular weight is 342 g/mol. The van der Waals surface area contributed by atoms with Gasteiger partial charge in [-0.05, 0) is 12.1 Å². The molecule has 1 heterocycles. The molecule has 23 heavy (non-hydrogen) atoms. The summed E-state index contributed by atoms with van der Waals surface area (Å²) >= 11 is 0. The number of carbonyl (C=O) groups excluding carboxylic acids is 2. The van der Waals surface area contributed by atoms with Crippen molar-refractivity contribution in [2.75, 3.05) is 5.32 Å². The highest BCUT2D eigenvalue weighted by atomic mass is 32.2. The fraction of sp³-hybridized carbons (Fsp3) is 0.231. The molecule has 0 unspecified atom stereocenters. The molecule has 0 saturated carbocycles. The summed E-state index contributed by atoms with van der Waals surface area (Å²) in [6.45, 7) is 2.82. The van der Waals surface area contributed by atoms with E-state index in [9.17, 15) is 23.1 Å². The number of phenolic OH excluding ortho intramolecular Hbond substituents is 1. The number of sulfonamides is 1. The van der Waals surface area contributed by atoms with Gasteiger partial charge in [0.2, 0.25) is 10.0 Å². The zero-order valence-corrected chi connectivity index (χ0v) is 13.0. The molecule has 0 radical (unpaired) electrons. The molecular formula is C13H14N2O7S. The number of primary sulfonamides is 1. The van der Waals surface area contributed by atoms with Crippen LogP contribution in [0.1, 0.15) is 13.8 Å². The van der Waals surface area contributed by atoms with Gasteiger partial charge in [-0.3, -0.25) is 0 Å². The number of benzene rings is 1. The van der Waals surface area contributed by atoms with Crippen molar-refractivity contribution in [1.82, 2.24) is 0 Å². The van der Waals surface area contributed by atoms with Crippen LogP contribution in [0.2, 0.25) is 0 Å². The molecular weight excluding hydrogens is 328 g/mol. The Morgan fingerprint density at radius 3 is 2.26 bits per heavy atom. The van der Waals surface area contributed by atoms with Crippen molar-refractivity contribution in [2.24, 2.45) is 5.14 Å². The Kier molecular flexibility index (Phi) is 4.05. The van der Waals surface area contributed by atoms with E-state index in [0.717, 1.165) is 18.3 Å². The number of esters is 2. The number of ether oxygens (including phenoxy) is 2. The summed E-state index contributed by atoms with van der Waals surface area (Å²) in [5.74, 6) is -3.57. The molecule has 1 aliphatic heterocycles. The molecule has 10 heteroatoms. The van der Waals surface area contributed by atoms with E-state index in [-0.39, 0.29) is 10.6 Å². The Bertz CT molecular complexity index is 790. The van der Waals surface area contributed by atoms with Gasteiger partial charge in [-0.25, -0.2) is 23.1 Å². The average Bonchev–Trinajstić information content (AvgIpc) is 2.36. The second kappa shape index (κ2) is 5.56. The van der Waals surface area contributed by atoms with Crippen LogP contribution in [0.25, 0.3) is 0 Å². The van der Waals surface area contributed by atoms with Crippen LogP contribution in [-0.2, 0) is 29.1 Å². The maximum absolute atomic E-state index is 11.7. The Balaban J connectivity index is 2.24. The number of hydrogen-bond acceptors (Lipinski definition) is 8. The van der Waals surface area contributed by atoms with E-state index < -0.39 is 39.1 Å². The fourth-order valence-electron chi connectivity index (χ4n) is 1.74. The van der Waals surface area contributed by atoms with Crippen molar-refractivity contribution >= 4 is 27.6 Å². The van der Waals surface area contributed by atoms with Gasteiger partial charge in [-0.2, -0.15) is 0 Å². The Morgan fingerprint density at radius 1 is 1.22 bits per heavy atom. The maximum atomic E-state index is 11.7. The lowest BCUT2D eigenvalue weighted by Gasteiger charge is -2.29. The first-order chi connectivity index (χ1) is 10.5. The Morgan fingerprint density at radius 2 is 1.78 bits per heavy atom. The van der Waals surface area contributed by atoms with Crippen molar-refractivity contribution < 1.29 is 32.6 Å². The van der Waals surface area contributed by atoms with Gasteiger partial charge in [0.1, 0.15) is 5.75 Å². The van der Waals surface area contributed by atoms with Crippen LogP contribution >= 0.6 is 0 Å². The number of aromatic hydroxyl groups is 1. The number of hydrogen-bond donors (Lipinski definition) is 3. The number of nitrogens with one attached hydrogen (secondary N) is 1. The van der Waals surface area contributed by atoms with Gasteiger partial charge in [0.25, 0.3) is 5.79 Å². The standard InChI is InChI=1S/C13H14N2O7S/c1-13(2)21-11(17)8(12(18)22-13)6-15-9-4-3-7(5-10(9)16)23(14,19)20/h3-6,15-16H,1-2H3,(H2,14,19,20). The lowest BCUT2D eigenvalue weighted by atomic mass is 10.2. The van der Waals surface area contributed by atoms with E-state index in [4.69, 9.17) is 14.6 Å². The van der Waals surface area contributed by atoms with Crippen LogP contribution in [-0.4, -0.2) is 31.3 Å². The molecule has 1 fully saturated rings. The molecule has 0 bridgehead atoms. The minimum absolute atomic E-state index is 0.0512. The summed E-state index contributed by atoms with van der Waals surface area (Å²) in [7, 11) is -3.96. The Labute approximate surface area is 131 Å². The van der Waals surface area contributed by atoms with Gasteiger partial charge >= 0.3 is 11.9 Å². The SMILES string of the molecule is CC1(C)OC(=O)C(=CNc2ccc(S(N)(=O)=O)cc2O)C(=O)O1. The third-order valence-corrected chi connectivity index (χ3v) is 3.70.